The summed E-state index contributed by atoms with van der Waals surface area (Å²) in [6, 6.07) is 0. The van der Waals surface area contributed by atoms with Crippen molar-refractivity contribution in [1.82, 2.24) is 0 Å². The van der Waals surface area contributed by atoms with Crippen LogP contribution < -0.4 is 0 Å². The van der Waals surface area contributed by atoms with Gasteiger partial charge in [-0.15, -0.1) is 0 Å². The molecule has 0 unspecified atom stereocenters. The Morgan fingerprint density at radius 3 is 1.91 bits per heavy atom. The summed E-state index contributed by atoms with van der Waals surface area (Å²) in [4.78, 5) is 0. The van der Waals surface area contributed by atoms with Crippen LogP contribution in [0.25, 0.3) is 0 Å². The van der Waals surface area contributed by atoms with Gasteiger partial charge in [-0.05, 0) is 0 Å². The number of ether oxygens (including phenoxy) is 1. The molecule has 0 bridgehead atoms. The molecule has 0 saturated heterocycles. The van der Waals surface area contributed by atoms with E-state index in [-0.39, 0.29) is 0 Å². The van der Waals surface area contributed by atoms with E-state index in [1.165, 1.54) is 0 Å². The third-order valence-corrected chi connectivity index (χ3v) is 1.36. The highest BCUT2D eigenvalue weighted by Gasteiger charge is 2.21. The molecule has 11 heavy (non-hydrogen) atoms. The fourth-order valence-corrected chi connectivity index (χ4v) is 0.667. The molecule has 68 valence electrons. The first-order valence-electron chi connectivity index (χ1n) is 3.22. The number of alkyl halides is 3. The molecule has 0 radical (unpaired) electrons. The minimum Gasteiger partial charge on any atom is -0.329 e. The van der Waals surface area contributed by atoms with Crippen LogP contribution in [0.1, 0.15) is 0 Å². The second kappa shape index (κ2) is 4.15. The molecular formula is C6H13Cl3NO+. The zero-order valence-corrected chi connectivity index (χ0v) is 9.17. The lowest BCUT2D eigenvalue weighted by Gasteiger charge is -2.24. The van der Waals surface area contributed by atoms with Gasteiger partial charge in [0.15, 0.2) is 0 Å². The Balaban J connectivity index is 3.44. The van der Waals surface area contributed by atoms with Crippen LogP contribution in [0.15, 0.2) is 0 Å². The Bertz CT molecular complexity index is 102. The van der Waals surface area contributed by atoms with Crippen molar-refractivity contribution in [1.29, 1.82) is 0 Å². The number of nitrogens with zero attached hydrogens (tertiary/aromatic N) is 1. The largest absolute Gasteiger partial charge is 0.329 e. The minimum atomic E-state index is -1.57. The summed E-state index contributed by atoms with van der Waals surface area (Å²) in [5.74, 6) is 0. The summed E-state index contributed by atoms with van der Waals surface area (Å²) < 4.78 is 4.10. The molecule has 0 aromatic carbocycles. The summed E-state index contributed by atoms with van der Waals surface area (Å²) in [6.45, 7) is 1.26. The monoisotopic (exact) mass is 220 g/mol. The summed E-state index contributed by atoms with van der Waals surface area (Å²) in [5.41, 5.74) is 0. The molecule has 0 saturated carbocycles. The highest BCUT2D eigenvalue weighted by Crippen LogP contribution is 2.26. The van der Waals surface area contributed by atoms with Crippen molar-refractivity contribution < 1.29 is 9.22 Å². The summed E-state index contributed by atoms with van der Waals surface area (Å²) in [7, 11) is 6.13. The van der Waals surface area contributed by atoms with Gasteiger partial charge < -0.3 is 9.22 Å². The average molecular weight is 222 g/mol. The van der Waals surface area contributed by atoms with Crippen molar-refractivity contribution in [2.45, 2.75) is 3.98 Å². The van der Waals surface area contributed by atoms with E-state index in [1.807, 2.05) is 21.1 Å². The quantitative estimate of drug-likeness (QED) is 0.523. The van der Waals surface area contributed by atoms with E-state index in [2.05, 4.69) is 0 Å². The topological polar surface area (TPSA) is 9.23 Å². The van der Waals surface area contributed by atoms with Crippen LogP contribution in [0.4, 0.5) is 0 Å². The smallest absolute Gasteiger partial charge is 0.297 e. The van der Waals surface area contributed by atoms with Crippen LogP contribution in [0, 0.1) is 0 Å². The third kappa shape index (κ3) is 10.8. The predicted octanol–water partition coefficient (Wildman–Crippen LogP) is 2.04. The van der Waals surface area contributed by atoms with Gasteiger partial charge >= 0.3 is 0 Å². The first kappa shape index (κ1) is 11.8. The normalized spacial score (nSPS) is 13.6. The fourth-order valence-electron chi connectivity index (χ4n) is 0.435. The average Bonchev–Trinajstić information content (AvgIpc) is 1.55. The highest BCUT2D eigenvalue weighted by atomic mass is 35.6. The number of halogens is 3. The van der Waals surface area contributed by atoms with Gasteiger partial charge in [-0.25, -0.2) is 0 Å². The standard InChI is InChI=1S/C6H13Cl3NO/c1-10(2,3)4-5-11-6(7,8)9/h4-5H2,1-3H3/q+1. The molecule has 0 heterocycles. The van der Waals surface area contributed by atoms with E-state index in [0.717, 1.165) is 11.0 Å². The van der Waals surface area contributed by atoms with Crippen molar-refractivity contribution in [3.63, 3.8) is 0 Å². The summed E-state index contributed by atoms with van der Waals surface area (Å²) in [6.07, 6.45) is 0. The molecule has 0 aromatic rings. The molecule has 0 atom stereocenters. The van der Waals surface area contributed by atoms with E-state index in [9.17, 15) is 0 Å². The molecule has 0 aromatic heterocycles. The maximum atomic E-state index is 5.36. The lowest BCUT2D eigenvalue weighted by Crippen LogP contribution is -2.38. The molecule has 0 aliphatic heterocycles. The molecule has 0 rings (SSSR count). The van der Waals surface area contributed by atoms with Gasteiger partial charge in [0.25, 0.3) is 3.98 Å². The van der Waals surface area contributed by atoms with Gasteiger partial charge in [-0.3, -0.25) is 0 Å². The Morgan fingerprint density at radius 2 is 1.64 bits per heavy atom. The molecule has 0 aliphatic carbocycles. The van der Waals surface area contributed by atoms with Crippen LogP contribution in [0.5, 0.6) is 0 Å². The molecule has 0 N–H and O–H groups in total. The van der Waals surface area contributed by atoms with Gasteiger partial charge in [0.05, 0.1) is 21.1 Å². The zero-order valence-electron chi connectivity index (χ0n) is 6.90. The third-order valence-electron chi connectivity index (χ3n) is 1.03. The first-order valence-corrected chi connectivity index (χ1v) is 4.35. The highest BCUT2D eigenvalue weighted by molar-refractivity contribution is 6.66. The van der Waals surface area contributed by atoms with E-state index in [1.54, 1.807) is 0 Å². The van der Waals surface area contributed by atoms with Crippen molar-refractivity contribution in [2.24, 2.45) is 0 Å². The molecule has 5 heteroatoms. The Labute approximate surface area is 82.6 Å². The maximum Gasteiger partial charge on any atom is 0.297 e. The molecule has 0 spiro atoms. The first-order chi connectivity index (χ1) is 4.71. The van der Waals surface area contributed by atoms with E-state index < -0.39 is 3.98 Å². The van der Waals surface area contributed by atoms with Crippen molar-refractivity contribution in [2.75, 3.05) is 34.3 Å². The van der Waals surface area contributed by atoms with E-state index in [0.29, 0.717) is 6.61 Å². The number of rotatable bonds is 3. The van der Waals surface area contributed by atoms with Crippen LogP contribution >= 0.6 is 34.8 Å². The Morgan fingerprint density at radius 1 is 1.18 bits per heavy atom. The number of hydrogen-bond acceptors (Lipinski definition) is 1. The van der Waals surface area contributed by atoms with Crippen molar-refractivity contribution in [3.8, 4) is 0 Å². The fraction of sp³-hybridized carbons (Fsp3) is 1.00. The molecule has 2 nitrogen and oxygen atoms in total. The number of likely N-dealkylation sites (N-methyl/N-ethyl adjacent to an activating group) is 1. The summed E-state index contributed by atoms with van der Waals surface area (Å²) in [5, 5.41) is 0. The molecular weight excluding hydrogens is 208 g/mol. The lowest BCUT2D eigenvalue weighted by atomic mass is 10.5. The van der Waals surface area contributed by atoms with Gasteiger partial charge in [0.2, 0.25) is 0 Å². The maximum absolute atomic E-state index is 5.36. The SMILES string of the molecule is C[N+](C)(C)CCOC(Cl)(Cl)Cl. The number of quaternary nitrogens is 1. The Hall–Kier alpha value is 0.790. The van der Waals surface area contributed by atoms with Gasteiger partial charge in [-0.1, -0.05) is 34.8 Å². The van der Waals surface area contributed by atoms with Crippen LogP contribution in [-0.4, -0.2) is 42.8 Å². The minimum absolute atomic E-state index is 0.444. The second-order valence-electron chi connectivity index (χ2n) is 3.31. The summed E-state index contributed by atoms with van der Waals surface area (Å²) >= 11 is 16.1. The molecule has 0 aliphatic rings. The van der Waals surface area contributed by atoms with Crippen LogP contribution in [0.3, 0.4) is 0 Å². The van der Waals surface area contributed by atoms with Gasteiger partial charge in [0.1, 0.15) is 13.2 Å². The predicted molar refractivity (Wildman–Crippen MR) is 49.1 cm³/mol. The van der Waals surface area contributed by atoms with Gasteiger partial charge in [-0.2, -0.15) is 0 Å². The molecule has 0 fully saturated rings. The van der Waals surface area contributed by atoms with Crippen molar-refractivity contribution in [3.05, 3.63) is 0 Å². The molecule has 0 amide bonds. The zero-order chi connectivity index (χ0) is 9.12. The van der Waals surface area contributed by atoms with Crippen LogP contribution in [0.2, 0.25) is 0 Å². The van der Waals surface area contributed by atoms with Crippen LogP contribution in [-0.2, 0) is 4.74 Å². The van der Waals surface area contributed by atoms with E-state index >= 15 is 0 Å². The lowest BCUT2D eigenvalue weighted by molar-refractivity contribution is -0.870. The van der Waals surface area contributed by atoms with E-state index in [4.69, 9.17) is 39.5 Å². The van der Waals surface area contributed by atoms with Gasteiger partial charge in [0, 0.05) is 0 Å². The second-order valence-corrected chi connectivity index (χ2v) is 5.49. The number of hydrogen-bond donors (Lipinski definition) is 0. The van der Waals surface area contributed by atoms with Crippen molar-refractivity contribution >= 4 is 34.8 Å². The Kier molecular flexibility index (Phi) is 4.45.